The van der Waals surface area contributed by atoms with Crippen LogP contribution in [0, 0.1) is 0 Å². The molecule has 0 bridgehead atoms. The zero-order valence-electron chi connectivity index (χ0n) is 21.6. The summed E-state index contributed by atoms with van der Waals surface area (Å²) in [5.74, 6) is -0.468. The summed E-state index contributed by atoms with van der Waals surface area (Å²) in [7, 11) is 0. The van der Waals surface area contributed by atoms with Crippen molar-refractivity contribution in [1.29, 1.82) is 0 Å². The third kappa shape index (κ3) is 5.73. The van der Waals surface area contributed by atoms with Gasteiger partial charge in [0.15, 0.2) is 17.4 Å². The van der Waals surface area contributed by atoms with Gasteiger partial charge in [0.25, 0.3) is 11.5 Å². The predicted octanol–water partition coefficient (Wildman–Crippen LogP) is 0.0777. The lowest BCUT2D eigenvalue weighted by Gasteiger charge is -2.16. The van der Waals surface area contributed by atoms with E-state index < -0.39 is 30.1 Å². The van der Waals surface area contributed by atoms with Crippen molar-refractivity contribution in [3.63, 3.8) is 0 Å². The monoisotopic (exact) mass is 553 g/mol. The lowest BCUT2D eigenvalue weighted by molar-refractivity contribution is -0.122. The van der Waals surface area contributed by atoms with E-state index in [0.717, 1.165) is 18.4 Å². The van der Waals surface area contributed by atoms with Gasteiger partial charge in [-0.05, 0) is 25.0 Å². The molecule has 5 rings (SSSR count). The number of benzene rings is 1. The van der Waals surface area contributed by atoms with E-state index in [-0.39, 0.29) is 41.9 Å². The van der Waals surface area contributed by atoms with Gasteiger partial charge in [-0.25, -0.2) is 9.97 Å². The smallest absolute Gasteiger partial charge is 0.278 e. The van der Waals surface area contributed by atoms with Crippen LogP contribution in [0.3, 0.4) is 0 Å². The quantitative estimate of drug-likeness (QED) is 0.178. The fraction of sp³-hybridized carbons (Fsp3) is 0.462. The molecule has 0 unspecified atom stereocenters. The Kier molecular flexibility index (Phi) is 8.19. The molecular formula is C26H31N7O7. The van der Waals surface area contributed by atoms with Gasteiger partial charge in [0.1, 0.15) is 18.3 Å². The summed E-state index contributed by atoms with van der Waals surface area (Å²) in [5.41, 5.74) is 1.90. The Morgan fingerprint density at radius 3 is 2.62 bits per heavy atom. The number of nitrogens with zero attached hydrogens (tertiary/aromatic N) is 3. The van der Waals surface area contributed by atoms with Gasteiger partial charge >= 0.3 is 0 Å². The maximum atomic E-state index is 12.3. The molecule has 3 amide bonds. The van der Waals surface area contributed by atoms with Crippen molar-refractivity contribution in [3.05, 3.63) is 52.3 Å². The van der Waals surface area contributed by atoms with E-state index in [4.69, 9.17) is 4.74 Å². The van der Waals surface area contributed by atoms with Gasteiger partial charge in [0.2, 0.25) is 11.8 Å². The Morgan fingerprint density at radius 1 is 1.05 bits per heavy atom. The number of aliphatic hydroxyl groups excluding tert-OH is 2. The SMILES string of the molecule is O=C(CCCCCCC(=O)Nc1cccc2c1CNC2=O)NC[C@H]1O[C@@H](n2cnc3c(=O)[nH]cnc32)[C@H](O)[C@@H]1O. The van der Waals surface area contributed by atoms with Gasteiger partial charge in [0, 0.05) is 42.7 Å². The van der Waals surface area contributed by atoms with Crippen LogP contribution < -0.4 is 21.5 Å². The number of unbranched alkanes of at least 4 members (excludes halogenated alkanes) is 3. The molecule has 1 aromatic carbocycles. The van der Waals surface area contributed by atoms with E-state index in [0.29, 0.717) is 37.1 Å². The van der Waals surface area contributed by atoms with Crippen molar-refractivity contribution in [2.75, 3.05) is 11.9 Å². The maximum absolute atomic E-state index is 12.3. The Morgan fingerprint density at radius 2 is 1.82 bits per heavy atom. The molecule has 0 spiro atoms. The highest BCUT2D eigenvalue weighted by Gasteiger charge is 2.44. The van der Waals surface area contributed by atoms with Gasteiger partial charge < -0.3 is 35.9 Å². The van der Waals surface area contributed by atoms with Crippen molar-refractivity contribution in [3.8, 4) is 0 Å². The van der Waals surface area contributed by atoms with Gasteiger partial charge in [-0.1, -0.05) is 18.9 Å². The summed E-state index contributed by atoms with van der Waals surface area (Å²) in [6.45, 7) is 0.403. The molecule has 14 heteroatoms. The normalized spacial score (nSPS) is 21.8. The van der Waals surface area contributed by atoms with Gasteiger partial charge in [-0.3, -0.25) is 23.7 Å². The van der Waals surface area contributed by atoms with Crippen LogP contribution in [-0.2, 0) is 20.9 Å². The number of H-pyrrole nitrogens is 1. The minimum Gasteiger partial charge on any atom is -0.387 e. The molecule has 6 N–H and O–H groups in total. The summed E-state index contributed by atoms with van der Waals surface area (Å²) >= 11 is 0. The predicted molar refractivity (Wildman–Crippen MR) is 141 cm³/mol. The molecule has 2 aromatic heterocycles. The largest absolute Gasteiger partial charge is 0.387 e. The number of anilines is 1. The van der Waals surface area contributed by atoms with Crippen LogP contribution in [0.1, 0.15) is 60.7 Å². The number of amides is 3. The molecule has 2 aliphatic rings. The number of aromatic nitrogens is 4. The number of hydrogen-bond donors (Lipinski definition) is 6. The summed E-state index contributed by atoms with van der Waals surface area (Å²) in [5, 5.41) is 29.3. The zero-order chi connectivity index (χ0) is 28.2. The highest BCUT2D eigenvalue weighted by molar-refractivity contribution is 6.02. The van der Waals surface area contributed by atoms with Crippen molar-refractivity contribution in [2.24, 2.45) is 0 Å². The van der Waals surface area contributed by atoms with Crippen LogP contribution in [0.4, 0.5) is 5.69 Å². The number of carbonyl (C=O) groups is 3. The van der Waals surface area contributed by atoms with Crippen LogP contribution in [0.2, 0.25) is 0 Å². The van der Waals surface area contributed by atoms with Gasteiger partial charge in [-0.2, -0.15) is 0 Å². The molecule has 40 heavy (non-hydrogen) atoms. The molecule has 1 fully saturated rings. The molecule has 212 valence electrons. The van der Waals surface area contributed by atoms with E-state index >= 15 is 0 Å². The number of imidazole rings is 1. The Balaban J connectivity index is 0.989. The van der Waals surface area contributed by atoms with Crippen LogP contribution in [0.5, 0.6) is 0 Å². The number of aromatic amines is 1. The van der Waals surface area contributed by atoms with E-state index in [9.17, 15) is 29.4 Å². The first-order valence-corrected chi connectivity index (χ1v) is 13.2. The third-order valence-corrected chi connectivity index (χ3v) is 7.16. The molecule has 0 saturated carbocycles. The lowest BCUT2D eigenvalue weighted by Crippen LogP contribution is -2.39. The topological polar surface area (TPSA) is 201 Å². The number of hydrogen-bond acceptors (Lipinski definition) is 9. The molecule has 3 aromatic rings. The Bertz CT molecular complexity index is 1470. The number of rotatable bonds is 11. The van der Waals surface area contributed by atoms with Crippen LogP contribution in [-0.4, -0.2) is 72.3 Å². The van der Waals surface area contributed by atoms with Gasteiger partial charge in [-0.15, -0.1) is 0 Å². The fourth-order valence-electron chi connectivity index (χ4n) is 4.99. The van der Waals surface area contributed by atoms with E-state index in [1.807, 2.05) is 0 Å². The molecule has 14 nitrogen and oxygen atoms in total. The van der Waals surface area contributed by atoms with Crippen molar-refractivity contribution in [1.82, 2.24) is 30.2 Å². The van der Waals surface area contributed by atoms with Crippen LogP contribution in [0.15, 0.2) is 35.6 Å². The first kappa shape index (κ1) is 27.4. The average Bonchev–Trinajstić information content (AvgIpc) is 3.62. The average molecular weight is 554 g/mol. The molecule has 4 atom stereocenters. The Hall–Kier alpha value is -4.14. The summed E-state index contributed by atoms with van der Waals surface area (Å²) in [6.07, 6.45) is 1.55. The highest BCUT2D eigenvalue weighted by Crippen LogP contribution is 2.30. The minimum absolute atomic E-state index is 0.00131. The first-order chi connectivity index (χ1) is 19.3. The summed E-state index contributed by atoms with van der Waals surface area (Å²) in [4.78, 5) is 58.8. The first-order valence-electron chi connectivity index (χ1n) is 13.2. The molecule has 0 aliphatic carbocycles. The molecule has 2 aliphatic heterocycles. The highest BCUT2D eigenvalue weighted by atomic mass is 16.6. The van der Waals surface area contributed by atoms with Crippen LogP contribution >= 0.6 is 0 Å². The zero-order valence-corrected chi connectivity index (χ0v) is 21.6. The Labute approximate surface area is 228 Å². The van der Waals surface area contributed by atoms with Crippen LogP contribution in [0.25, 0.3) is 11.2 Å². The van der Waals surface area contributed by atoms with E-state index in [1.165, 1.54) is 17.2 Å². The number of aliphatic hydroxyl groups is 2. The lowest BCUT2D eigenvalue weighted by atomic mass is 10.1. The number of fused-ring (bicyclic) bond motifs is 2. The summed E-state index contributed by atoms with van der Waals surface area (Å²) in [6, 6.07) is 5.26. The number of ether oxygens (including phenoxy) is 1. The standard InChI is InChI=1S/C26H31N7O7/c34-18(8-3-1-2-4-9-19(35)32-16-7-5-6-14-15(16)10-28-24(14)38)27-11-17-21(36)22(37)26(40-17)33-13-31-20-23(33)29-12-30-25(20)39/h5-7,12-13,17,21-22,26,36-37H,1-4,8-11H2,(H,27,34)(H,28,38)(H,32,35)(H,29,30,39)/t17-,21-,22-,26-/m1/s1. The molecule has 4 heterocycles. The van der Waals surface area contributed by atoms with Crippen molar-refractivity contribution in [2.45, 2.75) is 69.6 Å². The fourth-order valence-corrected chi connectivity index (χ4v) is 4.99. The van der Waals surface area contributed by atoms with Crippen molar-refractivity contribution < 1.29 is 29.3 Å². The van der Waals surface area contributed by atoms with E-state index in [2.05, 4.69) is 30.9 Å². The second-order valence-electron chi connectivity index (χ2n) is 9.88. The number of carbonyl (C=O) groups excluding carboxylic acids is 3. The molecular weight excluding hydrogens is 522 g/mol. The van der Waals surface area contributed by atoms with Crippen molar-refractivity contribution >= 4 is 34.6 Å². The number of nitrogens with one attached hydrogen (secondary N) is 4. The second kappa shape index (κ2) is 11.9. The molecule has 0 radical (unpaired) electrons. The van der Waals surface area contributed by atoms with E-state index in [1.54, 1.807) is 18.2 Å². The van der Waals surface area contributed by atoms with Gasteiger partial charge in [0.05, 0.1) is 12.7 Å². The summed E-state index contributed by atoms with van der Waals surface area (Å²) < 4.78 is 7.16. The maximum Gasteiger partial charge on any atom is 0.278 e. The minimum atomic E-state index is -1.31. The second-order valence-corrected chi connectivity index (χ2v) is 9.88. The third-order valence-electron chi connectivity index (χ3n) is 7.16. The molecule has 1 saturated heterocycles.